The van der Waals surface area contributed by atoms with E-state index in [2.05, 4.69) is 25.6 Å². The molecule has 1 amide bonds. The Hall–Kier alpha value is -3.17. The first-order chi connectivity index (χ1) is 13.9. The van der Waals surface area contributed by atoms with Gasteiger partial charge in [-0.3, -0.25) is 0 Å². The molecule has 0 fully saturated rings. The number of aliphatic hydroxyl groups is 1. The zero-order valence-corrected chi connectivity index (χ0v) is 16.4. The van der Waals surface area contributed by atoms with Crippen molar-refractivity contribution in [3.8, 4) is 17.1 Å². The number of carbonyl (C=O) groups excluding carboxylic acids is 1. The summed E-state index contributed by atoms with van der Waals surface area (Å²) < 4.78 is 18.5. The Labute approximate surface area is 171 Å². The molecule has 0 radical (unpaired) electrons. The molecule has 3 rings (SSSR count). The molecule has 2 heterocycles. The van der Waals surface area contributed by atoms with Gasteiger partial charge in [0.15, 0.2) is 0 Å². The minimum absolute atomic E-state index is 0.105. The third kappa shape index (κ3) is 4.82. The molecule has 29 heavy (non-hydrogen) atoms. The first kappa shape index (κ1) is 20.6. The molecule has 0 aliphatic heterocycles. The van der Waals surface area contributed by atoms with Crippen LogP contribution in [-0.2, 0) is 0 Å². The Kier molecular flexibility index (Phi) is 6.30. The molecule has 152 valence electrons. The third-order valence-corrected chi connectivity index (χ3v) is 4.44. The van der Waals surface area contributed by atoms with E-state index >= 15 is 0 Å². The lowest BCUT2D eigenvalue weighted by atomic mass is 10.1. The molecule has 8 nitrogen and oxygen atoms in total. The fourth-order valence-electron chi connectivity index (χ4n) is 2.66. The van der Waals surface area contributed by atoms with Crippen molar-refractivity contribution in [1.29, 1.82) is 0 Å². The molecule has 1 unspecified atom stereocenters. The summed E-state index contributed by atoms with van der Waals surface area (Å²) in [5.74, 6) is 0.0705. The van der Waals surface area contributed by atoms with E-state index in [0.29, 0.717) is 22.8 Å². The lowest BCUT2D eigenvalue weighted by Crippen LogP contribution is -2.33. The number of aromatic amines is 1. The zero-order valence-electron chi connectivity index (χ0n) is 15.7. The van der Waals surface area contributed by atoms with Gasteiger partial charge in [-0.1, -0.05) is 17.7 Å². The van der Waals surface area contributed by atoms with Crippen LogP contribution in [-0.4, -0.2) is 39.8 Å². The Balaban J connectivity index is 1.70. The van der Waals surface area contributed by atoms with E-state index in [1.54, 1.807) is 25.5 Å². The highest BCUT2D eigenvalue weighted by atomic mass is 35.5. The van der Waals surface area contributed by atoms with Crippen LogP contribution < -0.4 is 15.4 Å². The number of benzene rings is 1. The summed E-state index contributed by atoms with van der Waals surface area (Å²) in [6.45, 7) is 1.45. The van der Waals surface area contributed by atoms with Crippen LogP contribution in [0.5, 0.6) is 5.88 Å². The lowest BCUT2D eigenvalue weighted by molar-refractivity contribution is 0.182. The summed E-state index contributed by atoms with van der Waals surface area (Å²) in [6.07, 6.45) is 2.54. The van der Waals surface area contributed by atoms with Gasteiger partial charge in [0, 0.05) is 31.1 Å². The third-order valence-electron chi connectivity index (χ3n) is 4.15. The summed E-state index contributed by atoms with van der Waals surface area (Å²) in [7, 11) is 1.72. The van der Waals surface area contributed by atoms with Gasteiger partial charge in [-0.15, -0.1) is 0 Å². The maximum Gasteiger partial charge on any atom is 0.414 e. The van der Waals surface area contributed by atoms with Gasteiger partial charge >= 0.3 is 6.09 Å². The van der Waals surface area contributed by atoms with Gasteiger partial charge < -0.3 is 25.5 Å². The summed E-state index contributed by atoms with van der Waals surface area (Å²) in [5, 5.41) is 14.8. The van der Waals surface area contributed by atoms with Crippen LogP contribution in [0.4, 0.5) is 15.1 Å². The van der Waals surface area contributed by atoms with Crippen LogP contribution in [0.1, 0.15) is 17.2 Å². The van der Waals surface area contributed by atoms with Crippen LogP contribution >= 0.6 is 11.6 Å². The highest BCUT2D eigenvalue weighted by Crippen LogP contribution is 2.26. The zero-order chi connectivity index (χ0) is 21.0. The minimum Gasteiger partial charge on any atom is -0.394 e. The molecule has 0 saturated carbocycles. The lowest BCUT2D eigenvalue weighted by Gasteiger charge is -2.16. The molecule has 3 aromatic rings. The van der Waals surface area contributed by atoms with Crippen molar-refractivity contribution in [3.05, 3.63) is 58.6 Å². The second-order valence-corrected chi connectivity index (χ2v) is 6.58. The van der Waals surface area contributed by atoms with E-state index in [1.807, 2.05) is 6.92 Å². The molecule has 0 aliphatic rings. The average Bonchev–Trinajstić information content (AvgIpc) is 3.16. The first-order valence-corrected chi connectivity index (χ1v) is 9.03. The van der Waals surface area contributed by atoms with Crippen molar-refractivity contribution in [2.24, 2.45) is 0 Å². The average molecular weight is 420 g/mol. The number of carbonyl (C=O) groups is 1. The molecule has 0 aliphatic carbocycles. The summed E-state index contributed by atoms with van der Waals surface area (Å²) >= 11 is 5.76. The Bertz CT molecular complexity index is 1030. The van der Waals surface area contributed by atoms with E-state index in [1.165, 1.54) is 12.1 Å². The number of aromatic nitrogens is 3. The van der Waals surface area contributed by atoms with Crippen LogP contribution in [0.25, 0.3) is 11.3 Å². The number of H-pyrrole nitrogens is 1. The number of anilines is 1. The van der Waals surface area contributed by atoms with Gasteiger partial charge in [0.1, 0.15) is 5.82 Å². The van der Waals surface area contributed by atoms with Crippen molar-refractivity contribution < 1.29 is 19.0 Å². The first-order valence-electron chi connectivity index (χ1n) is 8.65. The Morgan fingerprint density at radius 3 is 2.90 bits per heavy atom. The largest absolute Gasteiger partial charge is 0.414 e. The number of amides is 1. The van der Waals surface area contributed by atoms with Crippen molar-refractivity contribution in [2.45, 2.75) is 13.0 Å². The van der Waals surface area contributed by atoms with Crippen LogP contribution in [0, 0.1) is 12.7 Å². The van der Waals surface area contributed by atoms with Gasteiger partial charge in [-0.2, -0.15) is 0 Å². The van der Waals surface area contributed by atoms with Gasteiger partial charge in [0.05, 0.1) is 23.4 Å². The second-order valence-electron chi connectivity index (χ2n) is 6.17. The van der Waals surface area contributed by atoms with E-state index < -0.39 is 24.6 Å². The molecule has 0 spiro atoms. The second kappa shape index (κ2) is 8.89. The Morgan fingerprint density at radius 2 is 2.21 bits per heavy atom. The maximum atomic E-state index is 13.3. The number of hydrogen-bond donors (Lipinski definition) is 4. The molecule has 2 aromatic heterocycles. The van der Waals surface area contributed by atoms with E-state index in [0.717, 1.165) is 11.6 Å². The number of nitrogens with one attached hydrogen (secondary N) is 3. The number of ether oxygens (including phenoxy) is 1. The van der Waals surface area contributed by atoms with Crippen molar-refractivity contribution in [3.63, 3.8) is 0 Å². The van der Waals surface area contributed by atoms with Crippen LogP contribution in [0.15, 0.2) is 36.7 Å². The SMILES string of the molecule is CNc1ncc(C)c(-c2c[nH]c(OC(=O)NC(CO)c3ccc(F)c(Cl)c3)c2)n1. The number of rotatable bonds is 6. The molecular formula is C19H19ClFN5O3. The summed E-state index contributed by atoms with van der Waals surface area (Å²) in [4.78, 5) is 23.6. The number of halogens is 2. The number of aliphatic hydroxyl groups excluding tert-OH is 1. The van der Waals surface area contributed by atoms with Crippen molar-refractivity contribution in [2.75, 3.05) is 19.0 Å². The monoisotopic (exact) mass is 419 g/mol. The van der Waals surface area contributed by atoms with E-state index in [4.69, 9.17) is 16.3 Å². The Morgan fingerprint density at radius 1 is 1.41 bits per heavy atom. The maximum absolute atomic E-state index is 13.3. The number of aryl methyl sites for hydroxylation is 1. The summed E-state index contributed by atoms with van der Waals surface area (Å²) in [6, 6.07) is 4.73. The van der Waals surface area contributed by atoms with Gasteiger partial charge in [0.25, 0.3) is 0 Å². The number of nitrogens with zero attached hydrogens (tertiary/aromatic N) is 2. The van der Waals surface area contributed by atoms with Crippen LogP contribution in [0.2, 0.25) is 5.02 Å². The molecule has 1 atom stereocenters. The molecule has 1 aromatic carbocycles. The van der Waals surface area contributed by atoms with E-state index in [-0.39, 0.29) is 10.9 Å². The predicted octanol–water partition coefficient (Wildman–Crippen LogP) is 3.44. The molecule has 0 bridgehead atoms. The smallest absolute Gasteiger partial charge is 0.394 e. The van der Waals surface area contributed by atoms with Gasteiger partial charge in [-0.05, 0) is 30.2 Å². The fourth-order valence-corrected chi connectivity index (χ4v) is 2.85. The van der Waals surface area contributed by atoms with Crippen LogP contribution in [0.3, 0.4) is 0 Å². The molecule has 0 saturated heterocycles. The molecule has 10 heteroatoms. The minimum atomic E-state index is -0.808. The highest BCUT2D eigenvalue weighted by molar-refractivity contribution is 6.30. The van der Waals surface area contributed by atoms with Crippen molar-refractivity contribution in [1.82, 2.24) is 20.3 Å². The van der Waals surface area contributed by atoms with Crippen molar-refractivity contribution >= 4 is 23.6 Å². The standard InChI is InChI=1S/C19H19ClFN5O3/c1-10-7-24-18(22-2)26-17(10)12-6-16(23-8-12)29-19(28)25-15(9-27)11-3-4-14(21)13(20)5-11/h3-8,15,23,27H,9H2,1-2H3,(H,25,28)(H,22,24,26). The predicted molar refractivity (Wildman–Crippen MR) is 106 cm³/mol. The van der Waals surface area contributed by atoms with Gasteiger partial charge in [-0.25, -0.2) is 19.2 Å². The fraction of sp³-hybridized carbons (Fsp3) is 0.211. The topological polar surface area (TPSA) is 112 Å². The van der Waals surface area contributed by atoms with E-state index in [9.17, 15) is 14.3 Å². The number of hydrogen-bond acceptors (Lipinski definition) is 6. The normalized spacial score (nSPS) is 11.8. The molecular weight excluding hydrogens is 401 g/mol. The summed E-state index contributed by atoms with van der Waals surface area (Å²) in [5.41, 5.74) is 2.70. The quantitative estimate of drug-likeness (QED) is 0.487. The van der Waals surface area contributed by atoms with Gasteiger partial charge in [0.2, 0.25) is 11.8 Å². The molecule has 4 N–H and O–H groups in total. The highest BCUT2D eigenvalue weighted by Gasteiger charge is 2.18.